The summed E-state index contributed by atoms with van der Waals surface area (Å²) < 4.78 is 38.4. The molecular formula is C23H25ClF3N3O. The van der Waals surface area contributed by atoms with Gasteiger partial charge in [0, 0.05) is 23.8 Å². The first-order valence-corrected chi connectivity index (χ1v) is 10.3. The van der Waals surface area contributed by atoms with E-state index in [1.54, 1.807) is 0 Å². The van der Waals surface area contributed by atoms with E-state index in [2.05, 4.69) is 36.2 Å². The van der Waals surface area contributed by atoms with E-state index >= 15 is 0 Å². The van der Waals surface area contributed by atoms with Gasteiger partial charge in [-0.25, -0.2) is 5.43 Å². The minimum atomic E-state index is -4.45. The molecule has 1 aliphatic rings. The molecule has 0 spiro atoms. The van der Waals surface area contributed by atoms with Crippen LogP contribution < -0.4 is 10.3 Å². The summed E-state index contributed by atoms with van der Waals surface area (Å²) >= 11 is 6.44. The van der Waals surface area contributed by atoms with Crippen LogP contribution in [0.1, 0.15) is 55.4 Å². The summed E-state index contributed by atoms with van der Waals surface area (Å²) in [6.45, 7) is 6.55. The third-order valence-electron chi connectivity index (χ3n) is 5.76. The first kappa shape index (κ1) is 23.1. The first-order chi connectivity index (χ1) is 14.4. The summed E-state index contributed by atoms with van der Waals surface area (Å²) in [6, 6.07) is 8.55. The van der Waals surface area contributed by atoms with Crippen LogP contribution in [0.2, 0.25) is 5.02 Å². The number of rotatable bonds is 4. The number of nitrogens with zero attached hydrogens (tertiary/aromatic N) is 2. The lowest BCUT2D eigenvalue weighted by Gasteiger charge is -2.45. The van der Waals surface area contributed by atoms with Gasteiger partial charge in [-0.05, 0) is 55.5 Å². The largest absolute Gasteiger partial charge is 0.416 e. The van der Waals surface area contributed by atoms with Gasteiger partial charge in [0.15, 0.2) is 0 Å². The van der Waals surface area contributed by atoms with Crippen molar-refractivity contribution in [1.82, 2.24) is 5.43 Å². The second kappa shape index (κ2) is 8.54. The van der Waals surface area contributed by atoms with Crippen molar-refractivity contribution in [2.24, 2.45) is 5.10 Å². The average Bonchev–Trinajstić information content (AvgIpc) is 2.66. The number of halogens is 4. The second-order valence-corrected chi connectivity index (χ2v) is 8.98. The normalized spacial score (nSPS) is 18.2. The molecule has 0 unspecified atom stereocenters. The number of carbonyl (C=O) groups excluding carboxylic acids is 1. The third kappa shape index (κ3) is 5.21. The van der Waals surface area contributed by atoms with Crippen LogP contribution in [0, 0.1) is 0 Å². The van der Waals surface area contributed by atoms with Crippen molar-refractivity contribution >= 4 is 29.4 Å². The Morgan fingerprint density at radius 1 is 1.32 bits per heavy atom. The number of hydrogen-bond donors (Lipinski definition) is 1. The van der Waals surface area contributed by atoms with Crippen molar-refractivity contribution in [1.29, 1.82) is 0 Å². The zero-order valence-electron chi connectivity index (χ0n) is 17.8. The number of carbonyl (C=O) groups is 1. The smallest absolute Gasteiger partial charge is 0.369 e. The summed E-state index contributed by atoms with van der Waals surface area (Å²) in [5.74, 6) is -0.180. The van der Waals surface area contributed by atoms with E-state index in [9.17, 15) is 18.0 Å². The lowest BCUT2D eigenvalue weighted by molar-refractivity contribution is -0.137. The van der Waals surface area contributed by atoms with Gasteiger partial charge in [0.25, 0.3) is 0 Å². The van der Waals surface area contributed by atoms with Gasteiger partial charge in [-0.2, -0.15) is 18.3 Å². The number of fused-ring (bicyclic) bond motifs is 1. The molecule has 1 heterocycles. The van der Waals surface area contributed by atoms with Gasteiger partial charge in [-0.1, -0.05) is 36.7 Å². The Bertz CT molecular complexity index is 1020. The van der Waals surface area contributed by atoms with Crippen molar-refractivity contribution in [2.75, 3.05) is 11.9 Å². The predicted octanol–water partition coefficient (Wildman–Crippen LogP) is 5.77. The lowest BCUT2D eigenvalue weighted by Crippen LogP contribution is -2.45. The minimum Gasteiger partial charge on any atom is -0.369 e. The van der Waals surface area contributed by atoms with Crippen molar-refractivity contribution in [2.45, 2.75) is 51.2 Å². The summed E-state index contributed by atoms with van der Waals surface area (Å²) in [4.78, 5) is 14.3. The van der Waals surface area contributed by atoms with Crippen LogP contribution in [0.3, 0.4) is 0 Å². The van der Waals surface area contributed by atoms with Crippen LogP contribution in [-0.4, -0.2) is 24.7 Å². The van der Waals surface area contributed by atoms with Gasteiger partial charge >= 0.3 is 6.18 Å². The fourth-order valence-electron chi connectivity index (χ4n) is 3.96. The molecule has 1 amide bonds. The van der Waals surface area contributed by atoms with Gasteiger partial charge in [-0.15, -0.1) is 0 Å². The van der Waals surface area contributed by atoms with Crippen LogP contribution >= 0.6 is 11.6 Å². The van der Waals surface area contributed by atoms with E-state index in [1.165, 1.54) is 18.3 Å². The molecular weight excluding hydrogens is 427 g/mol. The van der Waals surface area contributed by atoms with Crippen LogP contribution in [0.15, 0.2) is 41.5 Å². The highest BCUT2D eigenvalue weighted by Crippen LogP contribution is 2.44. The number of nitrogens with one attached hydrogen (secondary N) is 1. The average molecular weight is 452 g/mol. The number of hydrogen-bond acceptors (Lipinski definition) is 3. The van der Waals surface area contributed by atoms with Crippen LogP contribution in [-0.2, 0) is 17.4 Å². The maximum absolute atomic E-state index is 12.8. The Balaban J connectivity index is 1.71. The predicted molar refractivity (Wildman–Crippen MR) is 118 cm³/mol. The van der Waals surface area contributed by atoms with Gasteiger partial charge in [0.1, 0.15) is 0 Å². The molecule has 0 radical (unpaired) electrons. The molecule has 1 N–H and O–H groups in total. The van der Waals surface area contributed by atoms with E-state index in [0.29, 0.717) is 16.5 Å². The summed E-state index contributed by atoms with van der Waals surface area (Å²) in [7, 11) is 2.04. The molecule has 0 saturated heterocycles. The highest BCUT2D eigenvalue weighted by Gasteiger charge is 2.34. The molecule has 0 saturated carbocycles. The van der Waals surface area contributed by atoms with Crippen molar-refractivity contribution in [3.05, 3.63) is 63.7 Å². The van der Waals surface area contributed by atoms with Gasteiger partial charge in [-0.3, -0.25) is 4.79 Å². The molecule has 0 aliphatic carbocycles. The molecule has 8 heteroatoms. The van der Waals surface area contributed by atoms with Crippen LogP contribution in [0.4, 0.5) is 18.9 Å². The molecule has 2 aromatic rings. The van der Waals surface area contributed by atoms with Crippen molar-refractivity contribution < 1.29 is 18.0 Å². The maximum Gasteiger partial charge on any atom is 0.416 e. The first-order valence-electron chi connectivity index (χ1n) is 9.94. The van der Waals surface area contributed by atoms with Gasteiger partial charge < -0.3 is 4.90 Å². The van der Waals surface area contributed by atoms with E-state index in [4.69, 9.17) is 11.6 Å². The molecule has 0 aromatic heterocycles. The maximum atomic E-state index is 12.8. The SMILES string of the molecule is C[C@@H]1CC(C)(C)N(C)c2cc(Cl)c(/C=N/NC(=O)Cc3cccc(C(F)(F)F)c3)cc21. The van der Waals surface area contributed by atoms with E-state index < -0.39 is 17.6 Å². The summed E-state index contributed by atoms with van der Waals surface area (Å²) in [6.07, 6.45) is -2.22. The molecule has 4 nitrogen and oxygen atoms in total. The minimum absolute atomic E-state index is 0.0166. The Morgan fingerprint density at radius 3 is 2.71 bits per heavy atom. The Morgan fingerprint density at radius 2 is 2.03 bits per heavy atom. The molecule has 1 aliphatic heterocycles. The fraction of sp³-hybridized carbons (Fsp3) is 0.391. The Hall–Kier alpha value is -2.54. The van der Waals surface area contributed by atoms with Gasteiger partial charge in [0.05, 0.1) is 23.2 Å². The molecule has 2 aromatic carbocycles. The number of alkyl halides is 3. The van der Waals surface area contributed by atoms with Crippen LogP contribution in [0.5, 0.6) is 0 Å². The zero-order chi connectivity index (χ0) is 23.0. The summed E-state index contributed by atoms with van der Waals surface area (Å²) in [5, 5.41) is 4.45. The second-order valence-electron chi connectivity index (χ2n) is 8.58. The molecule has 0 fully saturated rings. The monoisotopic (exact) mass is 451 g/mol. The number of benzene rings is 2. The summed E-state index contributed by atoms with van der Waals surface area (Å²) in [5.41, 5.74) is 4.74. The topological polar surface area (TPSA) is 44.7 Å². The molecule has 166 valence electrons. The van der Waals surface area contributed by atoms with Crippen molar-refractivity contribution in [3.63, 3.8) is 0 Å². The number of hydrazone groups is 1. The molecule has 1 atom stereocenters. The lowest BCUT2D eigenvalue weighted by atomic mass is 9.80. The Labute approximate surface area is 185 Å². The van der Waals surface area contributed by atoms with Gasteiger partial charge in [0.2, 0.25) is 5.91 Å². The van der Waals surface area contributed by atoms with E-state index in [1.807, 2.05) is 19.2 Å². The highest BCUT2D eigenvalue weighted by molar-refractivity contribution is 6.33. The molecule has 0 bridgehead atoms. The van der Waals surface area contributed by atoms with E-state index in [0.717, 1.165) is 29.8 Å². The molecule has 31 heavy (non-hydrogen) atoms. The van der Waals surface area contributed by atoms with E-state index in [-0.39, 0.29) is 17.5 Å². The third-order valence-corrected chi connectivity index (χ3v) is 6.09. The quantitative estimate of drug-likeness (QED) is 0.473. The Kier molecular flexibility index (Phi) is 6.37. The molecule has 3 rings (SSSR count). The number of anilines is 1. The van der Waals surface area contributed by atoms with Crippen molar-refractivity contribution in [3.8, 4) is 0 Å². The number of amides is 1. The fourth-order valence-corrected chi connectivity index (χ4v) is 4.17. The van der Waals surface area contributed by atoms with Crippen LogP contribution in [0.25, 0.3) is 0 Å². The standard InChI is InChI=1S/C23H25ClF3N3O/c1-14-12-22(2,3)30(4)20-11-19(24)16(10-18(14)20)13-28-29-21(31)9-15-6-5-7-17(8-15)23(25,26)27/h5-8,10-11,13-14H,9,12H2,1-4H3,(H,29,31)/b28-13+/t14-/m1/s1. The highest BCUT2D eigenvalue weighted by atomic mass is 35.5. The zero-order valence-corrected chi connectivity index (χ0v) is 18.6.